The van der Waals surface area contributed by atoms with Crippen LogP contribution in [0.3, 0.4) is 0 Å². The number of hydrogen-bond acceptors (Lipinski definition) is 8. The van der Waals surface area contributed by atoms with Crippen LogP contribution in [0.1, 0.15) is 41.5 Å². The number of nitrogens with one attached hydrogen (secondary N) is 1. The SMILES string of the molecule is CN(C)c1ncnc2c1c(-c1ccc(F)cc1)nn2C(C)(C)C.CNc1ncnc2c1c(-c1ccc(F)cc1)nn2C(C)(C)C. The van der Waals surface area contributed by atoms with E-state index in [4.69, 9.17) is 10.2 Å². The van der Waals surface area contributed by atoms with Crippen molar-refractivity contribution in [2.24, 2.45) is 0 Å². The molecule has 45 heavy (non-hydrogen) atoms. The summed E-state index contributed by atoms with van der Waals surface area (Å²) in [5.41, 5.74) is 4.26. The van der Waals surface area contributed by atoms with Crippen LogP contribution in [0.4, 0.5) is 20.4 Å². The number of nitrogens with zero attached hydrogens (tertiary/aromatic N) is 9. The minimum atomic E-state index is -0.270. The second kappa shape index (κ2) is 11.8. The highest BCUT2D eigenvalue weighted by atomic mass is 19.1. The van der Waals surface area contributed by atoms with Gasteiger partial charge in [-0.05, 0) is 90.1 Å². The first kappa shape index (κ1) is 31.4. The molecule has 0 amide bonds. The second-order valence-corrected chi connectivity index (χ2v) is 12.8. The second-order valence-electron chi connectivity index (χ2n) is 12.8. The Morgan fingerprint density at radius 2 is 1.04 bits per heavy atom. The van der Waals surface area contributed by atoms with Gasteiger partial charge in [0, 0.05) is 32.3 Å². The predicted molar refractivity (Wildman–Crippen MR) is 175 cm³/mol. The van der Waals surface area contributed by atoms with Crippen LogP contribution in [0.2, 0.25) is 0 Å². The van der Waals surface area contributed by atoms with Crippen molar-refractivity contribution in [2.45, 2.75) is 52.6 Å². The summed E-state index contributed by atoms with van der Waals surface area (Å²) in [6.07, 6.45) is 3.07. The van der Waals surface area contributed by atoms with Crippen LogP contribution >= 0.6 is 0 Å². The molecule has 2 aromatic carbocycles. The molecule has 0 unspecified atom stereocenters. The van der Waals surface area contributed by atoms with Crippen molar-refractivity contribution >= 4 is 33.7 Å². The van der Waals surface area contributed by atoms with E-state index in [1.165, 1.54) is 30.6 Å². The smallest absolute Gasteiger partial charge is 0.164 e. The van der Waals surface area contributed by atoms with Gasteiger partial charge in [-0.3, -0.25) is 0 Å². The van der Waals surface area contributed by atoms with Gasteiger partial charge in [-0.2, -0.15) is 10.2 Å². The highest BCUT2D eigenvalue weighted by molar-refractivity contribution is 6.00. The number of anilines is 2. The van der Waals surface area contributed by atoms with Crippen molar-refractivity contribution in [1.29, 1.82) is 0 Å². The average molecular weight is 613 g/mol. The van der Waals surface area contributed by atoms with Crippen molar-refractivity contribution in [1.82, 2.24) is 39.5 Å². The lowest BCUT2D eigenvalue weighted by Gasteiger charge is -2.20. The van der Waals surface area contributed by atoms with E-state index in [0.717, 1.165) is 50.4 Å². The fraction of sp³-hybridized carbons (Fsp3) is 0.333. The van der Waals surface area contributed by atoms with Gasteiger partial charge in [0.25, 0.3) is 0 Å². The van der Waals surface area contributed by atoms with Crippen molar-refractivity contribution in [3.8, 4) is 22.5 Å². The summed E-state index contributed by atoms with van der Waals surface area (Å²) >= 11 is 0. The summed E-state index contributed by atoms with van der Waals surface area (Å²) in [4.78, 5) is 19.4. The van der Waals surface area contributed by atoms with E-state index in [1.54, 1.807) is 30.6 Å². The molecule has 0 radical (unpaired) electrons. The molecule has 6 aromatic rings. The van der Waals surface area contributed by atoms with Crippen LogP contribution in [0.15, 0.2) is 61.2 Å². The lowest BCUT2D eigenvalue weighted by atomic mass is 10.1. The third-order valence-electron chi connectivity index (χ3n) is 7.08. The molecule has 10 nitrogen and oxygen atoms in total. The van der Waals surface area contributed by atoms with Crippen molar-refractivity contribution in [2.75, 3.05) is 31.4 Å². The zero-order valence-corrected chi connectivity index (χ0v) is 27.1. The molecule has 0 aliphatic rings. The number of rotatable bonds is 4. The van der Waals surface area contributed by atoms with E-state index < -0.39 is 0 Å². The molecule has 0 aliphatic heterocycles. The van der Waals surface area contributed by atoms with Crippen molar-refractivity contribution in [3.63, 3.8) is 0 Å². The fourth-order valence-corrected chi connectivity index (χ4v) is 4.97. The Morgan fingerprint density at radius 1 is 0.622 bits per heavy atom. The first-order chi connectivity index (χ1) is 21.2. The van der Waals surface area contributed by atoms with Gasteiger partial charge in [-0.1, -0.05) is 0 Å². The molecule has 6 rings (SSSR count). The Balaban J connectivity index is 0.000000178. The molecule has 4 heterocycles. The van der Waals surface area contributed by atoms with E-state index in [1.807, 2.05) is 35.4 Å². The quantitative estimate of drug-likeness (QED) is 0.230. The first-order valence-corrected chi connectivity index (χ1v) is 14.6. The molecule has 12 heteroatoms. The van der Waals surface area contributed by atoms with Crippen molar-refractivity contribution < 1.29 is 8.78 Å². The van der Waals surface area contributed by atoms with Gasteiger partial charge in [0.1, 0.15) is 47.3 Å². The molecule has 0 saturated heterocycles. The third-order valence-corrected chi connectivity index (χ3v) is 7.08. The van der Waals surface area contributed by atoms with Gasteiger partial charge in [0.15, 0.2) is 11.3 Å². The molecule has 0 aliphatic carbocycles. The van der Waals surface area contributed by atoms with Crippen LogP contribution in [-0.4, -0.2) is 60.6 Å². The Hall–Kier alpha value is -5.00. The van der Waals surface area contributed by atoms with E-state index in [9.17, 15) is 8.78 Å². The Morgan fingerprint density at radius 3 is 1.47 bits per heavy atom. The maximum absolute atomic E-state index is 13.3. The average Bonchev–Trinajstić information content (AvgIpc) is 3.58. The number of halogens is 2. The minimum absolute atomic E-state index is 0.226. The van der Waals surface area contributed by atoms with Gasteiger partial charge in [-0.25, -0.2) is 38.1 Å². The van der Waals surface area contributed by atoms with E-state index in [0.29, 0.717) is 5.82 Å². The summed E-state index contributed by atoms with van der Waals surface area (Å²) in [5, 5.41) is 14.3. The molecule has 0 spiro atoms. The molecule has 0 atom stereocenters. The van der Waals surface area contributed by atoms with Crippen LogP contribution in [-0.2, 0) is 11.1 Å². The summed E-state index contributed by atoms with van der Waals surface area (Å²) in [7, 11) is 5.68. The van der Waals surface area contributed by atoms with Gasteiger partial charge in [0.05, 0.1) is 21.9 Å². The number of aromatic nitrogens is 8. The maximum Gasteiger partial charge on any atom is 0.164 e. The van der Waals surface area contributed by atoms with E-state index in [2.05, 4.69) is 66.8 Å². The summed E-state index contributed by atoms with van der Waals surface area (Å²) in [6.45, 7) is 12.4. The topological polar surface area (TPSA) is 102 Å². The molecule has 0 bridgehead atoms. The standard InChI is InChI=1S/C17H20FN5.C16H18FN5/c1-17(2,3)23-16-13(15(22(4)5)19-10-20-16)14(21-23)11-6-8-12(18)9-7-11;1-16(2,3)22-15-12(14(18-4)19-9-20-15)13(21-22)10-5-7-11(17)8-6-10/h6-10H,1-5H3;5-9H,1-4H3,(H,18,19,20). The zero-order valence-electron chi connectivity index (χ0n) is 27.1. The van der Waals surface area contributed by atoms with Crippen LogP contribution in [0.25, 0.3) is 44.6 Å². The maximum atomic E-state index is 13.3. The van der Waals surface area contributed by atoms with Crippen LogP contribution < -0.4 is 10.2 Å². The molecule has 4 aromatic heterocycles. The molecular formula is C33H38F2N10. The summed E-state index contributed by atoms with van der Waals surface area (Å²) in [6, 6.07) is 12.6. The van der Waals surface area contributed by atoms with Crippen LogP contribution in [0.5, 0.6) is 0 Å². The van der Waals surface area contributed by atoms with Crippen LogP contribution in [0, 0.1) is 11.6 Å². The third kappa shape index (κ3) is 6.17. The monoisotopic (exact) mass is 612 g/mol. The van der Waals surface area contributed by atoms with Gasteiger partial charge in [-0.15, -0.1) is 0 Å². The van der Waals surface area contributed by atoms with E-state index in [-0.39, 0.29) is 22.7 Å². The fourth-order valence-electron chi connectivity index (χ4n) is 4.97. The molecular weight excluding hydrogens is 574 g/mol. The summed E-state index contributed by atoms with van der Waals surface area (Å²) in [5.74, 6) is 0.968. The highest BCUT2D eigenvalue weighted by Crippen LogP contribution is 2.35. The zero-order chi connectivity index (χ0) is 32.7. The van der Waals surface area contributed by atoms with Gasteiger partial charge >= 0.3 is 0 Å². The van der Waals surface area contributed by atoms with Gasteiger partial charge < -0.3 is 10.2 Å². The summed E-state index contributed by atoms with van der Waals surface area (Å²) < 4.78 is 30.2. The Bertz CT molecular complexity index is 1950. The molecule has 234 valence electrons. The Kier molecular flexibility index (Phi) is 8.26. The first-order valence-electron chi connectivity index (χ1n) is 14.6. The number of fused-ring (bicyclic) bond motifs is 2. The van der Waals surface area contributed by atoms with E-state index >= 15 is 0 Å². The lowest BCUT2D eigenvalue weighted by molar-refractivity contribution is 0.366. The predicted octanol–water partition coefficient (Wildman–Crippen LogP) is 6.88. The lowest BCUT2D eigenvalue weighted by Crippen LogP contribution is -2.23. The minimum Gasteiger partial charge on any atom is -0.372 e. The largest absolute Gasteiger partial charge is 0.372 e. The van der Waals surface area contributed by atoms with Crippen molar-refractivity contribution in [3.05, 3.63) is 72.8 Å². The Labute approximate surface area is 261 Å². The highest BCUT2D eigenvalue weighted by Gasteiger charge is 2.26. The molecule has 0 fully saturated rings. The normalized spacial score (nSPS) is 11.9. The number of benzene rings is 2. The number of hydrogen-bond donors (Lipinski definition) is 1. The molecule has 1 N–H and O–H groups in total. The molecule has 0 saturated carbocycles. The van der Waals surface area contributed by atoms with Gasteiger partial charge in [0.2, 0.25) is 0 Å².